The summed E-state index contributed by atoms with van der Waals surface area (Å²) in [6.07, 6.45) is 0. The van der Waals surface area contributed by atoms with E-state index in [1.165, 1.54) is 28.4 Å². The minimum absolute atomic E-state index is 0.625. The highest BCUT2D eigenvalue weighted by Gasteiger charge is 2.70. The first-order chi connectivity index (χ1) is 16.6. The van der Waals surface area contributed by atoms with Gasteiger partial charge in [-0.15, -0.1) is 25.2 Å². The molecule has 0 heterocycles. The molecule has 0 aromatic rings. The maximum atomic E-state index is 11.5. The fraction of sp³-hybridized carbons (Fsp3) is 0.600. The Bertz CT molecular complexity index is 808. The molecule has 3 atom stereocenters. The van der Waals surface area contributed by atoms with E-state index < -0.39 is 71.2 Å². The topological polar surface area (TPSA) is 131 Å². The van der Waals surface area contributed by atoms with Crippen LogP contribution in [0.15, 0.2) is 24.6 Å². The summed E-state index contributed by atoms with van der Waals surface area (Å²) < 4.78 is 68.1. The molecule has 0 rings (SSSR count). The summed E-state index contributed by atoms with van der Waals surface area (Å²) in [7, 11) is -18.0. The molecule has 0 saturated carbocycles. The highest BCUT2D eigenvalue weighted by molar-refractivity contribution is 6.88. The van der Waals surface area contributed by atoms with Gasteiger partial charge in [0.05, 0.1) is 0 Å². The second kappa shape index (κ2) is 14.9. The van der Waals surface area contributed by atoms with Gasteiger partial charge in [-0.2, -0.15) is 0 Å². The number of rotatable bonds is 19. The largest absolute Gasteiger partial charge is 0.727 e. The Morgan fingerprint density at radius 2 is 0.944 bits per heavy atom. The zero-order valence-electron chi connectivity index (χ0n) is 22.1. The van der Waals surface area contributed by atoms with Crippen molar-refractivity contribution in [3.05, 3.63) is 24.6 Å². The van der Waals surface area contributed by atoms with Crippen molar-refractivity contribution in [1.82, 2.24) is 0 Å². The third-order valence-corrected chi connectivity index (χ3v) is 23.8. The van der Waals surface area contributed by atoms with Gasteiger partial charge in [-0.3, -0.25) is 0 Å². The number of hydrogen-bond donors (Lipinski definition) is 1. The van der Waals surface area contributed by atoms with Crippen LogP contribution in [-0.2, 0) is 50.9 Å². The van der Waals surface area contributed by atoms with Gasteiger partial charge in [0.25, 0.3) is 0 Å². The molecule has 0 spiro atoms. The highest BCUT2D eigenvalue weighted by atomic mass is 28.6. The van der Waals surface area contributed by atoms with Gasteiger partial charge in [0.15, 0.2) is 0 Å². The van der Waals surface area contributed by atoms with E-state index in [0.29, 0.717) is 0 Å². The molecule has 0 bridgehead atoms. The van der Waals surface area contributed by atoms with E-state index in [4.69, 9.17) is 62.9 Å². The third kappa shape index (κ3) is 10.6. The second-order valence-corrected chi connectivity index (χ2v) is 27.1. The van der Waals surface area contributed by atoms with Crippen LogP contribution in [0.5, 0.6) is 0 Å². The van der Waals surface area contributed by atoms with Gasteiger partial charge in [0.1, 0.15) is 0 Å². The SMILES string of the molecule is C#[Si]O[Si](OC)(O[Si](C)(C)C=C)O[Si@](O)(OC)O[Si](O[Si]#C)(O[Si](C)(C)C=C)O[Si](OC)(OC)OC. The van der Waals surface area contributed by atoms with E-state index in [1.807, 2.05) is 0 Å². The Balaban J connectivity index is 6.81. The van der Waals surface area contributed by atoms with Crippen LogP contribution in [-0.4, -0.2) is 112 Å². The zero-order valence-corrected chi connectivity index (χ0v) is 30.1. The molecule has 13 nitrogen and oxygen atoms in total. The van der Waals surface area contributed by atoms with E-state index in [-0.39, 0.29) is 0 Å². The Labute approximate surface area is 224 Å². The van der Waals surface area contributed by atoms with Gasteiger partial charge >= 0.3 is 36.2 Å². The summed E-state index contributed by atoms with van der Waals surface area (Å²) in [6.45, 7) is 14.7. The lowest BCUT2D eigenvalue weighted by Crippen LogP contribution is -2.71. The lowest BCUT2D eigenvalue weighted by atomic mass is 11.3. The monoisotopic (exact) mass is 648 g/mol. The standard InChI is InChI=1S/C15H36O13Si8/c1-14-31(10,11)24-35(21-7,22-29-8)26-33(16,17-3)27-36(23-30-9,25-32(12,13)15-2)28-34(18-4,19-5)20-6/h8-9,14-16H,1-2H2,3-7,10-13H3/t33-,35?,36?/m0/s1. The molecule has 0 aliphatic carbocycles. The molecule has 0 saturated heterocycles. The Kier molecular flexibility index (Phi) is 14.9. The Morgan fingerprint density at radius 1 is 0.583 bits per heavy atom. The maximum absolute atomic E-state index is 11.5. The first-order valence-electron chi connectivity index (χ1n) is 10.1. The molecular formula is C15H36O13Si8. The molecule has 0 fully saturated rings. The van der Waals surface area contributed by atoms with Crippen molar-refractivity contribution in [3.8, 4) is 12.0 Å². The average Bonchev–Trinajstić information content (AvgIpc) is 2.82. The summed E-state index contributed by atoms with van der Waals surface area (Å²) in [4.78, 5) is 11.5. The first kappa shape index (κ1) is 35.9. The lowest BCUT2D eigenvalue weighted by Gasteiger charge is -2.40. The fourth-order valence-electron chi connectivity index (χ4n) is 2.13. The molecule has 0 aromatic carbocycles. The fourth-order valence-corrected chi connectivity index (χ4v) is 21.4. The van der Waals surface area contributed by atoms with Crippen LogP contribution >= 0.6 is 0 Å². The predicted molar refractivity (Wildman–Crippen MR) is 145 cm³/mol. The third-order valence-electron chi connectivity index (χ3n) is 4.14. The minimum Gasteiger partial charge on any atom is -0.496 e. The molecule has 206 valence electrons. The van der Waals surface area contributed by atoms with Crippen molar-refractivity contribution in [3.63, 3.8) is 0 Å². The molecule has 0 amide bonds. The summed E-state index contributed by atoms with van der Waals surface area (Å²) >= 11 is 0. The van der Waals surface area contributed by atoms with Crippen LogP contribution in [0.1, 0.15) is 0 Å². The van der Waals surface area contributed by atoms with E-state index in [0.717, 1.165) is 7.11 Å². The molecule has 0 aliphatic rings. The van der Waals surface area contributed by atoms with Crippen molar-refractivity contribution in [2.75, 3.05) is 35.5 Å². The van der Waals surface area contributed by atoms with E-state index >= 15 is 0 Å². The second-order valence-electron chi connectivity index (χ2n) is 7.61. The van der Waals surface area contributed by atoms with Crippen LogP contribution in [0.3, 0.4) is 0 Å². The highest BCUT2D eigenvalue weighted by Crippen LogP contribution is 2.29. The average molecular weight is 649 g/mol. The van der Waals surface area contributed by atoms with Gasteiger partial charge in [0.2, 0.25) is 35.0 Å². The van der Waals surface area contributed by atoms with Crippen LogP contribution in [0.25, 0.3) is 0 Å². The summed E-state index contributed by atoms with van der Waals surface area (Å²) in [5.41, 5.74) is 3.20. The van der Waals surface area contributed by atoms with E-state index in [9.17, 15) is 4.80 Å². The predicted octanol–water partition coefficient (Wildman–Crippen LogP) is 0.346. The lowest BCUT2D eigenvalue weighted by molar-refractivity contribution is -0.0228. The quantitative estimate of drug-likeness (QED) is 0.194. The Morgan fingerprint density at radius 3 is 1.28 bits per heavy atom. The van der Waals surface area contributed by atoms with Gasteiger partial charge in [-0.05, 0) is 26.2 Å². The summed E-state index contributed by atoms with van der Waals surface area (Å²) in [6, 6.07) is 11.4. The molecule has 36 heavy (non-hydrogen) atoms. The van der Waals surface area contributed by atoms with Crippen molar-refractivity contribution in [2.24, 2.45) is 0 Å². The summed E-state index contributed by atoms with van der Waals surface area (Å²) in [5, 5.41) is 0. The number of hydrogen-bond acceptors (Lipinski definition) is 13. The Hall–Kier alpha value is -0.0649. The van der Waals surface area contributed by atoms with Crippen molar-refractivity contribution in [1.29, 1.82) is 0 Å². The van der Waals surface area contributed by atoms with Crippen LogP contribution in [0, 0.1) is 12.0 Å². The van der Waals surface area contributed by atoms with Crippen LogP contribution in [0.2, 0.25) is 26.2 Å². The van der Waals surface area contributed by atoms with Gasteiger partial charge < -0.3 is 55.7 Å². The maximum Gasteiger partial charge on any atom is 0.727 e. The molecule has 0 radical (unpaired) electrons. The van der Waals surface area contributed by atoms with Gasteiger partial charge in [-0.1, -0.05) is 11.4 Å². The zero-order chi connectivity index (χ0) is 28.3. The van der Waals surface area contributed by atoms with Crippen molar-refractivity contribution in [2.45, 2.75) is 26.2 Å². The van der Waals surface area contributed by atoms with E-state index in [2.05, 4.69) is 13.2 Å². The van der Waals surface area contributed by atoms with Crippen molar-refractivity contribution >= 4 is 71.2 Å². The normalized spacial score (nSPS) is 17.4. The van der Waals surface area contributed by atoms with Gasteiger partial charge in [-0.25, -0.2) is 0 Å². The summed E-state index contributed by atoms with van der Waals surface area (Å²) in [5.74, 6) is 0. The molecule has 21 heteroatoms. The molecule has 2 unspecified atom stereocenters. The minimum atomic E-state index is -4.85. The van der Waals surface area contributed by atoms with Crippen molar-refractivity contribution < 1.29 is 55.7 Å². The van der Waals surface area contributed by atoms with Gasteiger partial charge in [0, 0.05) is 35.5 Å². The van der Waals surface area contributed by atoms with E-state index in [1.54, 1.807) is 37.6 Å². The molecule has 0 aromatic heterocycles. The molecule has 1 N–H and O–H groups in total. The smallest absolute Gasteiger partial charge is 0.496 e. The molecule has 0 aliphatic heterocycles. The molecular weight excluding hydrogens is 613 g/mol. The van der Waals surface area contributed by atoms with Crippen LogP contribution in [0.4, 0.5) is 0 Å². The van der Waals surface area contributed by atoms with Crippen LogP contribution < -0.4 is 0 Å². The first-order valence-corrected chi connectivity index (χ1v) is 24.6.